The first-order valence-corrected chi connectivity index (χ1v) is 12.2. The number of aliphatic hydroxyl groups excluding tert-OH is 2. The number of piperidine rings is 1. The highest BCUT2D eigenvalue weighted by molar-refractivity contribution is 5.93. The number of hydrogen-bond donors (Lipinski definition) is 5. The van der Waals surface area contributed by atoms with Crippen molar-refractivity contribution < 1.29 is 54.2 Å². The molecule has 2 heterocycles. The average molecular weight is 534 g/mol. The molecule has 2 aliphatic heterocycles. The molecule has 38 heavy (non-hydrogen) atoms. The van der Waals surface area contributed by atoms with Gasteiger partial charge in [-0.3, -0.25) is 9.59 Å². The minimum absolute atomic E-state index is 0.00144. The summed E-state index contributed by atoms with van der Waals surface area (Å²) in [5.41, 5.74) is -1.33. The van der Waals surface area contributed by atoms with Crippen LogP contribution < -0.4 is 4.74 Å². The van der Waals surface area contributed by atoms with Crippen LogP contribution in [-0.4, -0.2) is 92.1 Å². The van der Waals surface area contributed by atoms with Gasteiger partial charge in [0.05, 0.1) is 17.3 Å². The zero-order valence-electron chi connectivity index (χ0n) is 21.2. The van der Waals surface area contributed by atoms with Gasteiger partial charge in [0.2, 0.25) is 0 Å². The highest BCUT2D eigenvalue weighted by Gasteiger charge is 2.72. The van der Waals surface area contributed by atoms with E-state index in [9.17, 15) is 39.6 Å². The van der Waals surface area contributed by atoms with Crippen LogP contribution in [0.25, 0.3) is 0 Å². The topological polar surface area (TPSA) is 191 Å². The molecule has 12 heteroatoms. The lowest BCUT2D eigenvalue weighted by Crippen LogP contribution is -2.70. The Balaban J connectivity index is 1.91. The molecule has 5 N–H and O–H groups in total. The van der Waals surface area contributed by atoms with Crippen molar-refractivity contribution in [2.75, 3.05) is 13.6 Å². The van der Waals surface area contributed by atoms with Crippen LogP contribution >= 0.6 is 0 Å². The molecular weight excluding hydrogens is 502 g/mol. The molecule has 1 saturated heterocycles. The molecule has 0 aromatic heterocycles. The van der Waals surface area contributed by atoms with E-state index in [0.717, 1.165) is 0 Å². The van der Waals surface area contributed by atoms with Gasteiger partial charge in [0.15, 0.2) is 29.8 Å². The zero-order valence-corrected chi connectivity index (χ0v) is 21.2. The van der Waals surface area contributed by atoms with E-state index in [0.29, 0.717) is 24.1 Å². The predicted octanol–water partition coefficient (Wildman–Crippen LogP) is 0.481. The van der Waals surface area contributed by atoms with Crippen LogP contribution in [0.5, 0.6) is 11.5 Å². The first-order valence-electron chi connectivity index (χ1n) is 12.2. The predicted molar refractivity (Wildman–Crippen MR) is 128 cm³/mol. The number of aliphatic carboxylic acids is 2. The number of fused-ring (bicyclic) bond motifs is 1. The number of carboxylic acids is 2. The summed E-state index contributed by atoms with van der Waals surface area (Å²) in [4.78, 5) is 51.1. The van der Waals surface area contributed by atoms with E-state index in [1.807, 2.05) is 18.9 Å². The van der Waals surface area contributed by atoms with Crippen LogP contribution in [0.15, 0.2) is 24.0 Å². The maximum Gasteiger partial charge on any atom is 0.333 e. The number of carboxylic acid groups (broad SMARTS) is 2. The third-order valence-electron chi connectivity index (χ3n) is 8.43. The third-order valence-corrected chi connectivity index (χ3v) is 8.43. The Morgan fingerprint density at radius 3 is 2.39 bits per heavy atom. The molecule has 1 aromatic rings. The summed E-state index contributed by atoms with van der Waals surface area (Å²) in [7, 11) is 1.83. The second kappa shape index (κ2) is 9.68. The SMILES string of the molecule is Cc1ccc(O)c2c1C13CCN(C)[C@H](C)[C@]1(C(=O)C[C@H](O)C(=O)O)CC=C(OC(=O)C[C@H](O)C(=O)O)C3O2. The van der Waals surface area contributed by atoms with Gasteiger partial charge in [-0.05, 0) is 58.0 Å². The quantitative estimate of drug-likeness (QED) is 0.291. The third kappa shape index (κ3) is 3.94. The summed E-state index contributed by atoms with van der Waals surface area (Å²) in [5, 5.41) is 48.8. The number of phenols is 1. The molecular formula is C26H31NO11. The first kappa shape index (κ1) is 27.6. The van der Waals surface area contributed by atoms with Crippen LogP contribution in [0.2, 0.25) is 0 Å². The average Bonchev–Trinajstić information content (AvgIpc) is 3.21. The Labute approximate surface area is 218 Å². The van der Waals surface area contributed by atoms with Crippen molar-refractivity contribution in [1.29, 1.82) is 0 Å². The smallest absolute Gasteiger partial charge is 0.333 e. The number of nitrogens with zero attached hydrogens (tertiary/aromatic N) is 1. The van der Waals surface area contributed by atoms with Crippen LogP contribution in [0.3, 0.4) is 0 Å². The summed E-state index contributed by atoms with van der Waals surface area (Å²) >= 11 is 0. The van der Waals surface area contributed by atoms with Gasteiger partial charge in [-0.2, -0.15) is 0 Å². The maximum atomic E-state index is 14.1. The Hall–Kier alpha value is -3.48. The van der Waals surface area contributed by atoms with Crippen molar-refractivity contribution in [1.82, 2.24) is 4.90 Å². The number of aryl methyl sites for hydroxylation is 1. The molecule has 1 spiro atoms. The number of carbonyl (C=O) groups is 4. The maximum absolute atomic E-state index is 14.1. The highest BCUT2D eigenvalue weighted by atomic mass is 16.6. The number of aromatic hydroxyl groups is 1. The van der Waals surface area contributed by atoms with Crippen molar-refractivity contribution in [3.63, 3.8) is 0 Å². The number of esters is 1. The second-order valence-corrected chi connectivity index (χ2v) is 10.3. The van der Waals surface area contributed by atoms with Gasteiger partial charge in [0, 0.05) is 18.0 Å². The lowest BCUT2D eigenvalue weighted by molar-refractivity contribution is -0.162. The number of phenolic OH excluding ortho intramolecular Hbond substituents is 1. The summed E-state index contributed by atoms with van der Waals surface area (Å²) in [5.74, 6) is -4.75. The molecule has 4 rings (SSSR count). The lowest BCUT2D eigenvalue weighted by atomic mass is 9.46. The molecule has 206 valence electrons. The number of likely N-dealkylation sites (tertiary alicyclic amines) is 1. The summed E-state index contributed by atoms with van der Waals surface area (Å²) < 4.78 is 11.7. The number of aliphatic hydroxyl groups is 2. The number of ketones is 1. The summed E-state index contributed by atoms with van der Waals surface area (Å²) in [6, 6.07) is 2.63. The number of allylic oxidation sites excluding steroid dienone is 1. The molecule has 0 radical (unpaired) electrons. The standard InChI is InChI=1S/C26H31NO11/c1-12-4-5-14(28)21-20(12)26-8-9-27(3)13(2)25(26,18(31)10-15(29)23(33)34)7-6-17(22(26)38-21)37-19(32)11-16(30)24(35)36/h4-6,13,15-16,22,28-30H,7-11H2,1-3H3,(H,33,34)(H,35,36)/t13-,15+,16+,22?,25+,26?/m1/s1. The van der Waals surface area contributed by atoms with E-state index in [1.54, 1.807) is 13.0 Å². The fraction of sp³-hybridized carbons (Fsp3) is 0.538. The van der Waals surface area contributed by atoms with Crippen molar-refractivity contribution in [2.24, 2.45) is 5.41 Å². The molecule has 6 atom stereocenters. The summed E-state index contributed by atoms with van der Waals surface area (Å²) in [6.45, 7) is 4.09. The molecule has 0 amide bonds. The Kier molecular flexibility index (Phi) is 7.02. The van der Waals surface area contributed by atoms with Crippen LogP contribution in [0.4, 0.5) is 0 Å². The van der Waals surface area contributed by atoms with Crippen LogP contribution in [0.1, 0.15) is 43.7 Å². The Morgan fingerprint density at radius 2 is 1.76 bits per heavy atom. The van der Waals surface area contributed by atoms with E-state index in [4.69, 9.17) is 14.6 Å². The molecule has 1 aromatic carbocycles. The minimum atomic E-state index is -1.98. The van der Waals surface area contributed by atoms with Gasteiger partial charge in [0.1, 0.15) is 11.5 Å². The number of rotatable bonds is 8. The number of ether oxygens (including phenoxy) is 2. The van der Waals surface area contributed by atoms with Gasteiger partial charge in [-0.15, -0.1) is 0 Å². The van der Waals surface area contributed by atoms with Crippen LogP contribution in [-0.2, 0) is 29.3 Å². The molecule has 12 nitrogen and oxygen atoms in total. The van der Waals surface area contributed by atoms with E-state index in [-0.39, 0.29) is 23.7 Å². The lowest BCUT2D eigenvalue weighted by Gasteiger charge is -2.60. The monoisotopic (exact) mass is 533 g/mol. The van der Waals surface area contributed by atoms with Crippen LogP contribution in [0, 0.1) is 12.3 Å². The number of carbonyl (C=O) groups excluding carboxylic acids is 2. The van der Waals surface area contributed by atoms with Crippen molar-refractivity contribution in [2.45, 2.75) is 69.3 Å². The van der Waals surface area contributed by atoms with Gasteiger partial charge in [0.25, 0.3) is 0 Å². The largest absolute Gasteiger partial charge is 0.504 e. The minimum Gasteiger partial charge on any atom is -0.504 e. The zero-order chi connectivity index (χ0) is 28.2. The molecule has 0 saturated carbocycles. The number of benzene rings is 1. The summed E-state index contributed by atoms with van der Waals surface area (Å²) in [6.07, 6.45) is -4.73. The van der Waals surface area contributed by atoms with Crippen molar-refractivity contribution in [3.8, 4) is 11.5 Å². The van der Waals surface area contributed by atoms with E-state index in [1.165, 1.54) is 12.1 Å². The Morgan fingerprint density at radius 1 is 1.13 bits per heavy atom. The number of Topliss-reactive ketones (excluding diaryl/α,β-unsaturated/α-hetero) is 1. The first-order chi connectivity index (χ1) is 17.8. The molecule has 0 bridgehead atoms. The van der Waals surface area contributed by atoms with Crippen molar-refractivity contribution in [3.05, 3.63) is 35.1 Å². The molecule has 1 aliphatic carbocycles. The molecule has 1 fully saturated rings. The molecule has 2 unspecified atom stereocenters. The van der Waals surface area contributed by atoms with E-state index >= 15 is 0 Å². The Bertz CT molecular complexity index is 1230. The fourth-order valence-corrected chi connectivity index (χ4v) is 6.50. The van der Waals surface area contributed by atoms with Gasteiger partial charge >= 0.3 is 17.9 Å². The van der Waals surface area contributed by atoms with E-state index in [2.05, 4.69) is 0 Å². The van der Waals surface area contributed by atoms with E-state index < -0.39 is 71.7 Å². The number of hydrogen-bond acceptors (Lipinski definition) is 10. The van der Waals surface area contributed by atoms with Gasteiger partial charge in [-0.1, -0.05) is 6.07 Å². The van der Waals surface area contributed by atoms with Gasteiger partial charge < -0.3 is 39.9 Å². The second-order valence-electron chi connectivity index (χ2n) is 10.3. The van der Waals surface area contributed by atoms with Crippen molar-refractivity contribution >= 4 is 23.7 Å². The van der Waals surface area contributed by atoms with Gasteiger partial charge in [-0.25, -0.2) is 9.59 Å². The molecule has 3 aliphatic rings. The highest BCUT2D eigenvalue weighted by Crippen LogP contribution is 2.66. The normalized spacial score (nSPS) is 29.6. The fourth-order valence-electron chi connectivity index (χ4n) is 6.50.